The molecule has 1 aromatic rings. The van der Waals surface area contributed by atoms with E-state index in [1.807, 2.05) is 30.3 Å². The molecule has 2 saturated heterocycles. The van der Waals surface area contributed by atoms with E-state index in [4.69, 9.17) is 4.74 Å². The van der Waals surface area contributed by atoms with Crippen molar-refractivity contribution in [3.8, 4) is 0 Å². The summed E-state index contributed by atoms with van der Waals surface area (Å²) in [5.74, 6) is -0.190. The van der Waals surface area contributed by atoms with Gasteiger partial charge in [0.15, 0.2) is 5.72 Å². The molecular weight excluding hydrogens is 226 g/mol. The molecule has 18 heavy (non-hydrogen) atoms. The molecule has 2 heterocycles. The van der Waals surface area contributed by atoms with Crippen LogP contribution in [0.2, 0.25) is 0 Å². The molecule has 3 nitrogen and oxygen atoms in total. The predicted octanol–water partition coefficient (Wildman–Crippen LogP) is 2.82. The van der Waals surface area contributed by atoms with Crippen molar-refractivity contribution in [2.75, 3.05) is 7.05 Å². The first-order chi connectivity index (χ1) is 8.71. The van der Waals surface area contributed by atoms with Crippen LogP contribution in [0.15, 0.2) is 30.3 Å². The average Bonchev–Trinajstić information content (AvgIpc) is 2.60. The molecule has 3 rings (SSSR count). The maximum Gasteiger partial charge on any atom is 0.339 e. The van der Waals surface area contributed by atoms with Gasteiger partial charge in [-0.1, -0.05) is 18.2 Å². The molecule has 2 fully saturated rings. The summed E-state index contributed by atoms with van der Waals surface area (Å²) in [5.41, 5.74) is 0.310. The van der Waals surface area contributed by atoms with Gasteiger partial charge in [0, 0.05) is 18.9 Å². The standard InChI is InChI=1S/C15H19NO2/c1-16-13-8-5-10-15(16,11-9-13)18-14(17)12-6-3-2-4-7-12/h2-4,6-7,13H,5,8-11H2,1H3/t13-,15-/m0/s1. The molecule has 1 aromatic carbocycles. The summed E-state index contributed by atoms with van der Waals surface area (Å²) >= 11 is 0. The highest BCUT2D eigenvalue weighted by Crippen LogP contribution is 2.43. The number of hydrogen-bond acceptors (Lipinski definition) is 3. The number of fused-ring (bicyclic) bond motifs is 2. The van der Waals surface area contributed by atoms with Gasteiger partial charge in [-0.15, -0.1) is 0 Å². The molecule has 2 atom stereocenters. The normalized spacial score (nSPS) is 31.3. The lowest BCUT2D eigenvalue weighted by molar-refractivity contribution is -0.116. The molecular formula is C15H19NO2. The third-order valence-corrected chi connectivity index (χ3v) is 4.46. The minimum atomic E-state index is -0.337. The van der Waals surface area contributed by atoms with E-state index in [1.165, 1.54) is 6.42 Å². The Kier molecular flexibility index (Phi) is 2.86. The van der Waals surface area contributed by atoms with Crippen molar-refractivity contribution < 1.29 is 9.53 Å². The molecule has 0 spiro atoms. The van der Waals surface area contributed by atoms with Gasteiger partial charge in [0.2, 0.25) is 0 Å². The van der Waals surface area contributed by atoms with Gasteiger partial charge in [-0.2, -0.15) is 0 Å². The van der Waals surface area contributed by atoms with E-state index in [2.05, 4.69) is 11.9 Å². The lowest BCUT2D eigenvalue weighted by atomic mass is 10.0. The van der Waals surface area contributed by atoms with Gasteiger partial charge in [0.05, 0.1) is 5.56 Å². The number of carbonyl (C=O) groups is 1. The van der Waals surface area contributed by atoms with Crippen LogP contribution in [0.3, 0.4) is 0 Å². The second kappa shape index (κ2) is 4.39. The largest absolute Gasteiger partial charge is 0.440 e. The first-order valence-corrected chi connectivity index (χ1v) is 6.73. The predicted molar refractivity (Wildman–Crippen MR) is 69.2 cm³/mol. The molecule has 0 radical (unpaired) electrons. The summed E-state index contributed by atoms with van der Waals surface area (Å²) in [6.07, 6.45) is 5.50. The van der Waals surface area contributed by atoms with Crippen LogP contribution in [0.4, 0.5) is 0 Å². The van der Waals surface area contributed by atoms with E-state index >= 15 is 0 Å². The summed E-state index contributed by atoms with van der Waals surface area (Å²) in [5, 5.41) is 0. The first kappa shape index (κ1) is 11.7. The van der Waals surface area contributed by atoms with Crippen LogP contribution in [-0.4, -0.2) is 29.7 Å². The van der Waals surface area contributed by atoms with Gasteiger partial charge in [0.25, 0.3) is 0 Å². The number of nitrogens with zero attached hydrogens (tertiary/aromatic N) is 1. The van der Waals surface area contributed by atoms with E-state index < -0.39 is 0 Å². The van der Waals surface area contributed by atoms with E-state index in [1.54, 1.807) is 0 Å². The van der Waals surface area contributed by atoms with Crippen LogP contribution in [-0.2, 0) is 4.74 Å². The molecule has 0 unspecified atom stereocenters. The highest BCUT2D eigenvalue weighted by molar-refractivity contribution is 5.89. The van der Waals surface area contributed by atoms with Crippen molar-refractivity contribution in [3.05, 3.63) is 35.9 Å². The lowest BCUT2D eigenvalue weighted by Gasteiger charge is -2.41. The Morgan fingerprint density at radius 3 is 2.83 bits per heavy atom. The van der Waals surface area contributed by atoms with Crippen LogP contribution in [0.25, 0.3) is 0 Å². The van der Waals surface area contributed by atoms with E-state index in [9.17, 15) is 4.79 Å². The number of esters is 1. The Hall–Kier alpha value is -1.35. The van der Waals surface area contributed by atoms with Gasteiger partial charge < -0.3 is 4.74 Å². The first-order valence-electron chi connectivity index (χ1n) is 6.73. The highest BCUT2D eigenvalue weighted by Gasteiger charge is 2.49. The van der Waals surface area contributed by atoms with Crippen LogP contribution in [0, 0.1) is 0 Å². The van der Waals surface area contributed by atoms with Crippen molar-refractivity contribution in [3.63, 3.8) is 0 Å². The Labute approximate surface area is 108 Å². The van der Waals surface area contributed by atoms with Crippen LogP contribution in [0.5, 0.6) is 0 Å². The van der Waals surface area contributed by atoms with Gasteiger partial charge in [0.1, 0.15) is 0 Å². The molecule has 0 saturated carbocycles. The molecule has 0 amide bonds. The van der Waals surface area contributed by atoms with E-state index in [0.717, 1.165) is 25.7 Å². The number of carbonyl (C=O) groups excluding carboxylic acids is 1. The Morgan fingerprint density at radius 2 is 2.06 bits per heavy atom. The molecule has 0 aromatic heterocycles. The maximum absolute atomic E-state index is 12.2. The van der Waals surface area contributed by atoms with Gasteiger partial charge in [-0.05, 0) is 38.4 Å². The molecule has 2 aliphatic heterocycles. The van der Waals surface area contributed by atoms with E-state index in [0.29, 0.717) is 11.6 Å². The van der Waals surface area contributed by atoms with Crippen LogP contribution < -0.4 is 0 Å². The smallest absolute Gasteiger partial charge is 0.339 e. The minimum absolute atomic E-state index is 0.190. The number of hydrogen-bond donors (Lipinski definition) is 0. The number of benzene rings is 1. The topological polar surface area (TPSA) is 29.5 Å². The number of ether oxygens (including phenoxy) is 1. The average molecular weight is 245 g/mol. The summed E-state index contributed by atoms with van der Waals surface area (Å²) in [7, 11) is 2.09. The summed E-state index contributed by atoms with van der Waals surface area (Å²) < 4.78 is 5.86. The SMILES string of the molecule is CN1[C@H]2CCC[C@]1(OC(=O)c1ccccc1)CC2. The third-order valence-electron chi connectivity index (χ3n) is 4.46. The Bertz CT molecular complexity index is 441. The van der Waals surface area contributed by atoms with Crippen LogP contribution >= 0.6 is 0 Å². The lowest BCUT2D eigenvalue weighted by Crippen LogP contribution is -2.50. The Balaban J connectivity index is 1.78. The van der Waals surface area contributed by atoms with Crippen molar-refractivity contribution in [2.24, 2.45) is 0 Å². The maximum atomic E-state index is 12.2. The molecule has 2 bridgehead atoms. The minimum Gasteiger partial charge on any atom is -0.440 e. The third kappa shape index (κ3) is 1.83. The number of rotatable bonds is 2. The van der Waals surface area contributed by atoms with Crippen molar-refractivity contribution >= 4 is 5.97 Å². The number of piperidine rings is 1. The van der Waals surface area contributed by atoms with Gasteiger partial charge >= 0.3 is 5.97 Å². The van der Waals surface area contributed by atoms with Crippen molar-refractivity contribution in [2.45, 2.75) is 43.9 Å². The monoisotopic (exact) mass is 245 g/mol. The van der Waals surface area contributed by atoms with Gasteiger partial charge in [-0.3, -0.25) is 4.90 Å². The molecule has 0 N–H and O–H groups in total. The zero-order chi connectivity index (χ0) is 12.6. The summed E-state index contributed by atoms with van der Waals surface area (Å²) in [6.45, 7) is 0. The second-order valence-electron chi connectivity index (χ2n) is 5.40. The highest BCUT2D eigenvalue weighted by atomic mass is 16.6. The summed E-state index contributed by atoms with van der Waals surface area (Å²) in [4.78, 5) is 14.5. The molecule has 0 aliphatic carbocycles. The fraction of sp³-hybridized carbons (Fsp3) is 0.533. The van der Waals surface area contributed by atoms with E-state index in [-0.39, 0.29) is 11.7 Å². The second-order valence-corrected chi connectivity index (χ2v) is 5.40. The van der Waals surface area contributed by atoms with Crippen molar-refractivity contribution in [1.82, 2.24) is 4.90 Å². The Morgan fingerprint density at radius 1 is 1.28 bits per heavy atom. The summed E-state index contributed by atoms with van der Waals surface area (Å²) in [6, 6.07) is 9.88. The van der Waals surface area contributed by atoms with Crippen molar-refractivity contribution in [1.29, 1.82) is 0 Å². The quantitative estimate of drug-likeness (QED) is 0.750. The fourth-order valence-electron chi connectivity index (χ4n) is 3.33. The van der Waals surface area contributed by atoms with Gasteiger partial charge in [-0.25, -0.2) is 4.79 Å². The molecule has 3 heteroatoms. The van der Waals surface area contributed by atoms with Crippen LogP contribution in [0.1, 0.15) is 42.5 Å². The molecule has 96 valence electrons. The molecule has 2 aliphatic rings. The zero-order valence-corrected chi connectivity index (χ0v) is 10.8. The fourth-order valence-corrected chi connectivity index (χ4v) is 3.33. The zero-order valence-electron chi connectivity index (χ0n) is 10.8.